The molecule has 1 aliphatic rings. The van der Waals surface area contributed by atoms with Crippen molar-refractivity contribution in [2.75, 3.05) is 11.4 Å². The molecule has 1 N–H and O–H groups in total. The van der Waals surface area contributed by atoms with E-state index in [4.69, 9.17) is 4.98 Å². The summed E-state index contributed by atoms with van der Waals surface area (Å²) in [7, 11) is 0. The standard InChI is InChI=1S/C18H31N3/c1-7-21(15-8-9-15)17-11-14(12-19-18(4,5)6)10-16(20-17)13(2)3/h10-11,13,15,19H,7-9,12H2,1-6H3. The van der Waals surface area contributed by atoms with Gasteiger partial charge < -0.3 is 10.2 Å². The molecule has 1 aromatic heterocycles. The SMILES string of the molecule is CCN(c1cc(CNC(C)(C)C)cc(C(C)C)n1)C1CC1. The minimum absolute atomic E-state index is 0.141. The van der Waals surface area contributed by atoms with E-state index in [0.717, 1.165) is 18.9 Å². The maximum Gasteiger partial charge on any atom is 0.129 e. The number of anilines is 1. The van der Waals surface area contributed by atoms with Crippen molar-refractivity contribution < 1.29 is 0 Å². The lowest BCUT2D eigenvalue weighted by Gasteiger charge is -2.25. The third-order valence-electron chi connectivity index (χ3n) is 3.93. The van der Waals surface area contributed by atoms with Gasteiger partial charge in [0.2, 0.25) is 0 Å². The zero-order chi connectivity index (χ0) is 15.6. The number of rotatable bonds is 6. The van der Waals surface area contributed by atoms with Crippen LogP contribution in [0.2, 0.25) is 0 Å². The second-order valence-corrected chi connectivity index (χ2v) is 7.53. The highest BCUT2D eigenvalue weighted by molar-refractivity contribution is 5.45. The summed E-state index contributed by atoms with van der Waals surface area (Å²) in [6.45, 7) is 15.3. The largest absolute Gasteiger partial charge is 0.354 e. The van der Waals surface area contributed by atoms with E-state index in [2.05, 4.69) is 63.9 Å². The van der Waals surface area contributed by atoms with Gasteiger partial charge in [-0.2, -0.15) is 0 Å². The molecule has 118 valence electrons. The summed E-state index contributed by atoms with van der Waals surface area (Å²) in [5.74, 6) is 1.63. The maximum atomic E-state index is 4.91. The molecular weight excluding hydrogens is 258 g/mol. The number of hydrogen-bond acceptors (Lipinski definition) is 3. The van der Waals surface area contributed by atoms with Gasteiger partial charge in [-0.25, -0.2) is 4.98 Å². The highest BCUT2D eigenvalue weighted by atomic mass is 15.2. The highest BCUT2D eigenvalue weighted by Gasteiger charge is 2.29. The number of pyridine rings is 1. The summed E-state index contributed by atoms with van der Waals surface area (Å²) < 4.78 is 0. The van der Waals surface area contributed by atoms with Gasteiger partial charge in [-0.1, -0.05) is 13.8 Å². The Morgan fingerprint density at radius 3 is 2.43 bits per heavy atom. The Balaban J connectivity index is 2.25. The average molecular weight is 289 g/mol. The van der Waals surface area contributed by atoms with Gasteiger partial charge >= 0.3 is 0 Å². The summed E-state index contributed by atoms with van der Waals surface area (Å²) in [6.07, 6.45) is 2.63. The molecule has 0 aliphatic heterocycles. The van der Waals surface area contributed by atoms with Crippen molar-refractivity contribution in [1.29, 1.82) is 0 Å². The van der Waals surface area contributed by atoms with Crippen LogP contribution in [-0.2, 0) is 6.54 Å². The summed E-state index contributed by atoms with van der Waals surface area (Å²) in [6, 6.07) is 5.24. The Morgan fingerprint density at radius 2 is 1.95 bits per heavy atom. The topological polar surface area (TPSA) is 28.2 Å². The monoisotopic (exact) mass is 289 g/mol. The summed E-state index contributed by atoms with van der Waals surface area (Å²) in [5, 5.41) is 3.59. The molecule has 0 aromatic carbocycles. The van der Waals surface area contributed by atoms with E-state index in [-0.39, 0.29) is 5.54 Å². The van der Waals surface area contributed by atoms with Crippen molar-refractivity contribution in [3.8, 4) is 0 Å². The minimum atomic E-state index is 0.141. The van der Waals surface area contributed by atoms with Crippen LogP contribution in [0.5, 0.6) is 0 Å². The number of nitrogens with one attached hydrogen (secondary N) is 1. The zero-order valence-corrected chi connectivity index (χ0v) is 14.5. The molecule has 1 aliphatic carbocycles. The van der Waals surface area contributed by atoms with Crippen molar-refractivity contribution in [2.24, 2.45) is 0 Å². The van der Waals surface area contributed by atoms with Gasteiger partial charge in [0.15, 0.2) is 0 Å². The first kappa shape index (κ1) is 16.3. The smallest absolute Gasteiger partial charge is 0.129 e. The van der Waals surface area contributed by atoms with Crippen LogP contribution in [0.4, 0.5) is 5.82 Å². The third-order valence-corrected chi connectivity index (χ3v) is 3.93. The van der Waals surface area contributed by atoms with E-state index in [1.165, 1.54) is 24.1 Å². The fourth-order valence-corrected chi connectivity index (χ4v) is 2.50. The van der Waals surface area contributed by atoms with Crippen molar-refractivity contribution in [2.45, 2.75) is 78.4 Å². The fraction of sp³-hybridized carbons (Fsp3) is 0.722. The predicted octanol–water partition coefficient (Wildman–Crippen LogP) is 4.08. The summed E-state index contributed by atoms with van der Waals surface area (Å²) in [4.78, 5) is 7.37. The molecule has 3 heteroatoms. The second kappa shape index (κ2) is 6.35. The van der Waals surface area contributed by atoms with Crippen LogP contribution >= 0.6 is 0 Å². The lowest BCUT2D eigenvalue weighted by molar-refractivity contribution is 0.424. The molecule has 0 amide bonds. The van der Waals surface area contributed by atoms with E-state index in [1.807, 2.05) is 0 Å². The van der Waals surface area contributed by atoms with E-state index < -0.39 is 0 Å². The Morgan fingerprint density at radius 1 is 1.29 bits per heavy atom. The molecular formula is C18H31N3. The van der Waals surface area contributed by atoms with Gasteiger partial charge in [-0.05, 0) is 64.2 Å². The van der Waals surface area contributed by atoms with Crippen molar-refractivity contribution >= 4 is 5.82 Å². The van der Waals surface area contributed by atoms with E-state index in [9.17, 15) is 0 Å². The number of aromatic nitrogens is 1. The highest BCUT2D eigenvalue weighted by Crippen LogP contribution is 2.31. The molecule has 3 nitrogen and oxygen atoms in total. The molecule has 0 atom stereocenters. The molecule has 0 radical (unpaired) electrons. The molecule has 2 rings (SSSR count). The van der Waals surface area contributed by atoms with E-state index in [1.54, 1.807) is 0 Å². The quantitative estimate of drug-likeness (QED) is 0.855. The Kier molecular flexibility index (Phi) is 4.92. The Hall–Kier alpha value is -1.09. The molecule has 0 bridgehead atoms. The van der Waals surface area contributed by atoms with Gasteiger partial charge in [0.05, 0.1) is 0 Å². The fourth-order valence-electron chi connectivity index (χ4n) is 2.50. The van der Waals surface area contributed by atoms with Crippen molar-refractivity contribution in [3.63, 3.8) is 0 Å². The van der Waals surface area contributed by atoms with Crippen LogP contribution in [0.15, 0.2) is 12.1 Å². The number of nitrogens with zero attached hydrogens (tertiary/aromatic N) is 2. The van der Waals surface area contributed by atoms with Crippen LogP contribution in [0.1, 0.15) is 71.6 Å². The maximum absolute atomic E-state index is 4.91. The lowest BCUT2D eigenvalue weighted by atomic mass is 10.1. The molecule has 1 fully saturated rings. The predicted molar refractivity (Wildman–Crippen MR) is 91.0 cm³/mol. The van der Waals surface area contributed by atoms with E-state index in [0.29, 0.717) is 12.0 Å². The molecule has 0 spiro atoms. The lowest BCUT2D eigenvalue weighted by Crippen LogP contribution is -2.35. The van der Waals surface area contributed by atoms with Crippen LogP contribution in [-0.4, -0.2) is 23.1 Å². The molecule has 0 unspecified atom stereocenters. The van der Waals surface area contributed by atoms with Crippen LogP contribution in [0, 0.1) is 0 Å². The van der Waals surface area contributed by atoms with Crippen LogP contribution in [0.25, 0.3) is 0 Å². The van der Waals surface area contributed by atoms with Crippen LogP contribution < -0.4 is 10.2 Å². The first-order valence-corrected chi connectivity index (χ1v) is 8.32. The molecule has 1 heterocycles. The van der Waals surface area contributed by atoms with Gasteiger partial charge in [0, 0.05) is 30.4 Å². The summed E-state index contributed by atoms with van der Waals surface area (Å²) >= 11 is 0. The molecule has 21 heavy (non-hydrogen) atoms. The van der Waals surface area contributed by atoms with Crippen molar-refractivity contribution in [1.82, 2.24) is 10.3 Å². The minimum Gasteiger partial charge on any atom is -0.354 e. The summed E-state index contributed by atoms with van der Waals surface area (Å²) in [5.41, 5.74) is 2.69. The van der Waals surface area contributed by atoms with E-state index >= 15 is 0 Å². The second-order valence-electron chi connectivity index (χ2n) is 7.53. The first-order chi connectivity index (χ1) is 9.80. The zero-order valence-electron chi connectivity index (χ0n) is 14.5. The normalized spacial score (nSPS) is 15.6. The van der Waals surface area contributed by atoms with Gasteiger partial charge in [0.1, 0.15) is 5.82 Å². The Labute approximate surface area is 130 Å². The van der Waals surface area contributed by atoms with Gasteiger partial charge in [0.25, 0.3) is 0 Å². The molecule has 1 saturated carbocycles. The van der Waals surface area contributed by atoms with Crippen molar-refractivity contribution in [3.05, 3.63) is 23.4 Å². The molecule has 1 aromatic rings. The third kappa shape index (κ3) is 4.70. The average Bonchev–Trinajstić information content (AvgIpc) is 3.21. The Bertz CT molecular complexity index is 470. The van der Waals surface area contributed by atoms with Gasteiger partial charge in [-0.15, -0.1) is 0 Å². The molecule has 0 saturated heterocycles. The van der Waals surface area contributed by atoms with Gasteiger partial charge in [-0.3, -0.25) is 0 Å². The number of hydrogen-bond donors (Lipinski definition) is 1. The van der Waals surface area contributed by atoms with Crippen LogP contribution in [0.3, 0.4) is 0 Å². The first-order valence-electron chi connectivity index (χ1n) is 8.32.